The third-order valence-electron chi connectivity index (χ3n) is 3.51. The molecule has 0 saturated carbocycles. The van der Waals surface area contributed by atoms with Gasteiger partial charge in [-0.2, -0.15) is 0 Å². The van der Waals surface area contributed by atoms with Gasteiger partial charge in [0.25, 0.3) is 5.69 Å². The lowest BCUT2D eigenvalue weighted by molar-refractivity contribution is -0.384. The van der Waals surface area contributed by atoms with E-state index in [4.69, 9.17) is 9.47 Å². The summed E-state index contributed by atoms with van der Waals surface area (Å²) in [6.45, 7) is 1.50. The Balaban J connectivity index is 1.82. The predicted molar refractivity (Wildman–Crippen MR) is 88.1 cm³/mol. The number of hydrogen-bond donors (Lipinski definition) is 1. The maximum Gasteiger partial charge on any atom is 0.269 e. The second-order valence-electron chi connectivity index (χ2n) is 5.04. The molecular weight excluding hydrogens is 296 g/mol. The van der Waals surface area contributed by atoms with Gasteiger partial charge in [-0.25, -0.2) is 0 Å². The molecule has 2 aromatic rings. The molecule has 0 aliphatic carbocycles. The normalized spacial score (nSPS) is 10.3. The largest absolute Gasteiger partial charge is 0.493 e. The quantitative estimate of drug-likeness (QED) is 0.460. The van der Waals surface area contributed by atoms with Crippen LogP contribution in [0.15, 0.2) is 42.5 Å². The fourth-order valence-corrected chi connectivity index (χ4v) is 2.24. The van der Waals surface area contributed by atoms with Crippen LogP contribution in [0.5, 0.6) is 11.5 Å². The maximum atomic E-state index is 10.6. The van der Waals surface area contributed by atoms with Crippen LogP contribution in [0.3, 0.4) is 0 Å². The van der Waals surface area contributed by atoms with Crippen LogP contribution in [0.1, 0.15) is 11.1 Å². The number of ether oxygens (including phenoxy) is 2. The molecule has 6 heteroatoms. The van der Waals surface area contributed by atoms with Crippen LogP contribution < -0.4 is 14.8 Å². The summed E-state index contributed by atoms with van der Waals surface area (Å²) in [6, 6.07) is 12.4. The fraction of sp³-hybridized carbons (Fsp3) is 0.294. The Kier molecular flexibility index (Phi) is 5.94. The van der Waals surface area contributed by atoms with Gasteiger partial charge < -0.3 is 14.8 Å². The number of nitrogens with one attached hydrogen (secondary N) is 1. The van der Waals surface area contributed by atoms with Crippen molar-refractivity contribution < 1.29 is 14.4 Å². The fourth-order valence-electron chi connectivity index (χ4n) is 2.24. The van der Waals surface area contributed by atoms with Crippen molar-refractivity contribution in [3.05, 3.63) is 63.7 Å². The third-order valence-corrected chi connectivity index (χ3v) is 3.51. The van der Waals surface area contributed by atoms with Gasteiger partial charge >= 0.3 is 0 Å². The number of non-ortho nitro benzene ring substituents is 1. The second kappa shape index (κ2) is 8.14. The number of rotatable bonds is 8. The van der Waals surface area contributed by atoms with Crippen molar-refractivity contribution in [3.8, 4) is 11.5 Å². The highest BCUT2D eigenvalue weighted by Crippen LogP contribution is 2.27. The minimum atomic E-state index is -0.390. The van der Waals surface area contributed by atoms with E-state index in [0.717, 1.165) is 24.1 Å². The first-order chi connectivity index (χ1) is 11.1. The monoisotopic (exact) mass is 316 g/mol. The third kappa shape index (κ3) is 4.69. The van der Waals surface area contributed by atoms with Gasteiger partial charge in [0.15, 0.2) is 11.5 Å². The molecule has 0 unspecified atom stereocenters. The van der Waals surface area contributed by atoms with Gasteiger partial charge in [-0.3, -0.25) is 10.1 Å². The lowest BCUT2D eigenvalue weighted by Gasteiger charge is -2.10. The smallest absolute Gasteiger partial charge is 0.269 e. The summed E-state index contributed by atoms with van der Waals surface area (Å²) >= 11 is 0. The molecule has 0 bridgehead atoms. The molecule has 6 nitrogen and oxygen atoms in total. The van der Waals surface area contributed by atoms with Gasteiger partial charge in [0.1, 0.15) is 0 Å². The van der Waals surface area contributed by atoms with E-state index in [9.17, 15) is 10.1 Å². The predicted octanol–water partition coefficient (Wildman–Crippen LogP) is 2.94. The Morgan fingerprint density at radius 3 is 2.26 bits per heavy atom. The van der Waals surface area contributed by atoms with E-state index in [2.05, 4.69) is 5.32 Å². The second-order valence-corrected chi connectivity index (χ2v) is 5.04. The molecule has 0 aromatic heterocycles. The van der Waals surface area contributed by atoms with Crippen LogP contribution in [-0.4, -0.2) is 25.7 Å². The van der Waals surface area contributed by atoms with Gasteiger partial charge in [0, 0.05) is 18.7 Å². The summed E-state index contributed by atoms with van der Waals surface area (Å²) in [5, 5.41) is 13.9. The van der Waals surface area contributed by atoms with Crippen LogP contribution in [0.25, 0.3) is 0 Å². The number of hydrogen-bond acceptors (Lipinski definition) is 5. The molecule has 2 rings (SSSR count). The highest BCUT2D eigenvalue weighted by Gasteiger charge is 2.05. The van der Waals surface area contributed by atoms with Crippen LogP contribution >= 0.6 is 0 Å². The zero-order valence-corrected chi connectivity index (χ0v) is 13.2. The van der Waals surface area contributed by atoms with Gasteiger partial charge in [0.05, 0.1) is 19.1 Å². The zero-order chi connectivity index (χ0) is 16.7. The summed E-state index contributed by atoms with van der Waals surface area (Å²) in [4.78, 5) is 10.2. The summed E-state index contributed by atoms with van der Waals surface area (Å²) in [6.07, 6.45) is 0.811. The van der Waals surface area contributed by atoms with Gasteiger partial charge in [-0.1, -0.05) is 18.2 Å². The Hall–Kier alpha value is -2.60. The lowest BCUT2D eigenvalue weighted by atomic mass is 10.1. The van der Waals surface area contributed by atoms with Crippen molar-refractivity contribution in [2.75, 3.05) is 20.8 Å². The first-order valence-corrected chi connectivity index (χ1v) is 7.29. The van der Waals surface area contributed by atoms with E-state index in [-0.39, 0.29) is 10.6 Å². The number of nitro benzene ring substituents is 1. The van der Waals surface area contributed by atoms with E-state index >= 15 is 0 Å². The molecule has 2 aromatic carbocycles. The Morgan fingerprint density at radius 1 is 1.00 bits per heavy atom. The van der Waals surface area contributed by atoms with Gasteiger partial charge in [0.2, 0.25) is 0 Å². The number of nitrogens with zero attached hydrogens (tertiary/aromatic N) is 1. The van der Waals surface area contributed by atoms with E-state index in [1.54, 1.807) is 26.4 Å². The summed E-state index contributed by atoms with van der Waals surface area (Å²) in [5.74, 6) is 1.42. The molecule has 0 saturated heterocycles. The van der Waals surface area contributed by atoms with Crippen molar-refractivity contribution in [2.24, 2.45) is 0 Å². The van der Waals surface area contributed by atoms with Crippen molar-refractivity contribution >= 4 is 5.69 Å². The first kappa shape index (κ1) is 16.8. The molecule has 0 aliphatic rings. The van der Waals surface area contributed by atoms with E-state index in [1.165, 1.54) is 12.1 Å². The number of nitro groups is 1. The average Bonchev–Trinajstić information content (AvgIpc) is 2.58. The summed E-state index contributed by atoms with van der Waals surface area (Å²) < 4.78 is 10.5. The van der Waals surface area contributed by atoms with Crippen molar-refractivity contribution in [1.29, 1.82) is 0 Å². The van der Waals surface area contributed by atoms with Crippen LogP contribution in [0, 0.1) is 10.1 Å². The molecule has 0 spiro atoms. The minimum absolute atomic E-state index is 0.118. The number of benzene rings is 2. The molecule has 0 amide bonds. The lowest BCUT2D eigenvalue weighted by Crippen LogP contribution is -2.16. The zero-order valence-electron chi connectivity index (χ0n) is 13.2. The average molecular weight is 316 g/mol. The van der Waals surface area contributed by atoms with Gasteiger partial charge in [-0.15, -0.1) is 0 Å². The SMILES string of the molecule is COc1ccc(CNCCc2ccc([N+](=O)[O-])cc2)cc1OC. The van der Waals surface area contributed by atoms with E-state index in [0.29, 0.717) is 18.0 Å². The first-order valence-electron chi connectivity index (χ1n) is 7.29. The maximum absolute atomic E-state index is 10.6. The summed E-state index contributed by atoms with van der Waals surface area (Å²) in [7, 11) is 3.23. The highest BCUT2D eigenvalue weighted by molar-refractivity contribution is 5.42. The molecule has 122 valence electrons. The van der Waals surface area contributed by atoms with Crippen LogP contribution in [-0.2, 0) is 13.0 Å². The Morgan fingerprint density at radius 2 is 1.65 bits per heavy atom. The Labute approximate surface area is 135 Å². The van der Waals surface area contributed by atoms with Crippen LogP contribution in [0.2, 0.25) is 0 Å². The summed E-state index contributed by atoms with van der Waals surface area (Å²) in [5.41, 5.74) is 2.29. The molecular formula is C17H20N2O4. The minimum Gasteiger partial charge on any atom is -0.493 e. The molecule has 0 atom stereocenters. The van der Waals surface area contributed by atoms with Crippen LogP contribution in [0.4, 0.5) is 5.69 Å². The van der Waals surface area contributed by atoms with Crippen molar-refractivity contribution in [2.45, 2.75) is 13.0 Å². The van der Waals surface area contributed by atoms with E-state index in [1.807, 2.05) is 18.2 Å². The molecule has 1 N–H and O–H groups in total. The molecule has 0 fully saturated rings. The molecule has 0 radical (unpaired) electrons. The molecule has 23 heavy (non-hydrogen) atoms. The molecule has 0 heterocycles. The Bertz CT molecular complexity index is 656. The number of methoxy groups -OCH3 is 2. The van der Waals surface area contributed by atoms with Crippen molar-refractivity contribution in [3.63, 3.8) is 0 Å². The molecule has 0 aliphatic heterocycles. The van der Waals surface area contributed by atoms with E-state index < -0.39 is 0 Å². The van der Waals surface area contributed by atoms with Gasteiger partial charge in [-0.05, 0) is 36.2 Å². The topological polar surface area (TPSA) is 73.6 Å². The van der Waals surface area contributed by atoms with Crippen molar-refractivity contribution in [1.82, 2.24) is 5.32 Å². The highest BCUT2D eigenvalue weighted by atomic mass is 16.6. The standard InChI is InChI=1S/C17H20N2O4/c1-22-16-8-5-14(11-17(16)23-2)12-18-10-9-13-3-6-15(7-4-13)19(20)21/h3-8,11,18H,9-10,12H2,1-2H3.